The number of rotatable bonds is 2. The third-order valence-electron chi connectivity index (χ3n) is 5.52. The molecule has 0 saturated heterocycles. The molecule has 1 aromatic carbocycles. The average Bonchev–Trinajstić information content (AvgIpc) is 2.97. The van der Waals surface area contributed by atoms with Crippen LogP contribution < -0.4 is 10.7 Å². The van der Waals surface area contributed by atoms with Crippen LogP contribution in [0.25, 0.3) is 0 Å². The Bertz CT molecular complexity index is 639. The second kappa shape index (κ2) is 6.23. The van der Waals surface area contributed by atoms with Crippen LogP contribution in [0.4, 0.5) is 5.69 Å². The maximum absolute atomic E-state index is 12.8. The number of benzene rings is 1. The van der Waals surface area contributed by atoms with Crippen LogP contribution in [-0.2, 0) is 10.2 Å². The van der Waals surface area contributed by atoms with E-state index in [1.54, 1.807) is 0 Å². The summed E-state index contributed by atoms with van der Waals surface area (Å²) in [6, 6.07) is 6.26. The molecular weight excluding hydrogens is 298 g/mol. The van der Waals surface area contributed by atoms with Crippen LogP contribution in [0.3, 0.4) is 0 Å². The predicted molar refractivity (Wildman–Crippen MR) is 99.4 cm³/mol. The van der Waals surface area contributed by atoms with Crippen molar-refractivity contribution in [2.24, 2.45) is 11.0 Å². The van der Waals surface area contributed by atoms with Crippen molar-refractivity contribution in [2.45, 2.75) is 70.8 Å². The first-order chi connectivity index (χ1) is 11.3. The van der Waals surface area contributed by atoms with E-state index in [0.717, 1.165) is 43.4 Å². The van der Waals surface area contributed by atoms with Crippen molar-refractivity contribution in [3.05, 3.63) is 29.3 Å². The molecule has 0 bridgehead atoms. The fourth-order valence-electron chi connectivity index (χ4n) is 3.88. The van der Waals surface area contributed by atoms with Gasteiger partial charge in [-0.25, -0.2) is 0 Å². The van der Waals surface area contributed by atoms with Gasteiger partial charge in [-0.2, -0.15) is 5.10 Å². The highest BCUT2D eigenvalue weighted by Crippen LogP contribution is 2.37. The van der Waals surface area contributed by atoms with E-state index in [9.17, 15) is 4.79 Å². The maximum Gasteiger partial charge on any atom is 0.227 e. The van der Waals surface area contributed by atoms with E-state index in [0.29, 0.717) is 0 Å². The first kappa shape index (κ1) is 17.0. The van der Waals surface area contributed by atoms with Gasteiger partial charge in [-0.15, -0.1) is 0 Å². The second-order valence-corrected chi connectivity index (χ2v) is 8.42. The lowest BCUT2D eigenvalue weighted by atomic mass is 9.75. The minimum absolute atomic E-state index is 0.0103. The molecule has 4 nitrogen and oxygen atoms in total. The minimum atomic E-state index is 0.0103. The molecule has 1 aliphatic heterocycles. The number of nitrogens with one attached hydrogen (secondary N) is 2. The van der Waals surface area contributed by atoms with E-state index in [2.05, 4.69) is 61.7 Å². The minimum Gasteiger partial charge on any atom is -0.325 e. The topological polar surface area (TPSA) is 53.5 Å². The van der Waals surface area contributed by atoms with Crippen LogP contribution in [0.2, 0.25) is 0 Å². The first-order valence-corrected chi connectivity index (χ1v) is 9.00. The van der Waals surface area contributed by atoms with Crippen LogP contribution in [-0.4, -0.2) is 17.7 Å². The van der Waals surface area contributed by atoms with Gasteiger partial charge in [0.1, 0.15) is 0 Å². The highest BCUT2D eigenvalue weighted by Gasteiger charge is 2.38. The first-order valence-electron chi connectivity index (χ1n) is 9.00. The molecule has 24 heavy (non-hydrogen) atoms. The SMILES string of the molecule is Cc1cccc(C(C)(C)C)c1NC(=O)C1CCC2(CC=NN2)CC1. The quantitative estimate of drug-likeness (QED) is 0.858. The molecule has 2 aliphatic rings. The molecule has 0 unspecified atom stereocenters. The van der Waals surface area contributed by atoms with Gasteiger partial charge in [0.05, 0.1) is 5.54 Å². The van der Waals surface area contributed by atoms with Crippen LogP contribution in [0.15, 0.2) is 23.3 Å². The van der Waals surface area contributed by atoms with E-state index in [-0.39, 0.29) is 22.8 Å². The summed E-state index contributed by atoms with van der Waals surface area (Å²) < 4.78 is 0. The number of hydrogen-bond donors (Lipinski definition) is 2. The third-order valence-corrected chi connectivity index (χ3v) is 5.52. The molecule has 1 saturated carbocycles. The van der Waals surface area contributed by atoms with Crippen molar-refractivity contribution in [1.82, 2.24) is 5.43 Å². The Balaban J connectivity index is 1.70. The lowest BCUT2D eigenvalue weighted by Crippen LogP contribution is -2.44. The Labute approximate surface area is 145 Å². The Morgan fingerprint density at radius 1 is 1.29 bits per heavy atom. The van der Waals surface area contributed by atoms with Gasteiger partial charge in [0.2, 0.25) is 5.91 Å². The van der Waals surface area contributed by atoms with Gasteiger partial charge in [-0.1, -0.05) is 39.0 Å². The summed E-state index contributed by atoms with van der Waals surface area (Å²) in [5.41, 5.74) is 6.72. The standard InChI is InChI=1S/C20H29N3O/c1-14-6-5-7-16(19(2,3)4)17(14)22-18(24)15-8-10-20(11-9-15)12-13-21-23-20/h5-7,13,15,23H,8-12H2,1-4H3,(H,22,24). The highest BCUT2D eigenvalue weighted by molar-refractivity contribution is 5.94. The van der Waals surface area contributed by atoms with Crippen molar-refractivity contribution in [2.75, 3.05) is 5.32 Å². The fraction of sp³-hybridized carbons (Fsp3) is 0.600. The Hall–Kier alpha value is -1.84. The van der Waals surface area contributed by atoms with Gasteiger partial charge in [0.15, 0.2) is 0 Å². The highest BCUT2D eigenvalue weighted by atomic mass is 16.1. The van der Waals surface area contributed by atoms with Gasteiger partial charge in [-0.05, 0) is 49.1 Å². The number of carbonyl (C=O) groups is 1. The molecule has 0 radical (unpaired) electrons. The van der Waals surface area contributed by atoms with E-state index < -0.39 is 0 Å². The van der Waals surface area contributed by atoms with Crippen LogP contribution in [0.1, 0.15) is 64.0 Å². The van der Waals surface area contributed by atoms with E-state index in [1.807, 2.05) is 6.21 Å². The predicted octanol–water partition coefficient (Wildman–Crippen LogP) is 4.14. The van der Waals surface area contributed by atoms with Gasteiger partial charge in [0, 0.05) is 24.2 Å². The molecule has 1 aliphatic carbocycles. The molecule has 1 fully saturated rings. The Kier molecular flexibility index (Phi) is 4.41. The molecule has 130 valence electrons. The third kappa shape index (κ3) is 3.33. The number of hydrogen-bond acceptors (Lipinski definition) is 3. The molecule has 1 aromatic rings. The molecule has 3 rings (SSSR count). The number of nitrogens with zero attached hydrogens (tertiary/aromatic N) is 1. The van der Waals surface area contributed by atoms with Crippen molar-refractivity contribution in [3.63, 3.8) is 0 Å². The summed E-state index contributed by atoms with van der Waals surface area (Å²) in [7, 11) is 0. The van der Waals surface area contributed by atoms with Gasteiger partial charge in [0.25, 0.3) is 0 Å². The van der Waals surface area contributed by atoms with Gasteiger partial charge in [-0.3, -0.25) is 4.79 Å². The van der Waals surface area contributed by atoms with Crippen molar-refractivity contribution >= 4 is 17.8 Å². The van der Waals surface area contributed by atoms with Gasteiger partial charge >= 0.3 is 0 Å². The molecule has 2 N–H and O–H groups in total. The smallest absolute Gasteiger partial charge is 0.227 e. The van der Waals surface area contributed by atoms with Crippen molar-refractivity contribution in [3.8, 4) is 0 Å². The zero-order valence-electron chi connectivity index (χ0n) is 15.3. The molecule has 0 atom stereocenters. The van der Waals surface area contributed by atoms with Crippen LogP contribution in [0, 0.1) is 12.8 Å². The van der Waals surface area contributed by atoms with E-state index in [4.69, 9.17) is 0 Å². The molecule has 1 heterocycles. The van der Waals surface area contributed by atoms with Crippen molar-refractivity contribution in [1.29, 1.82) is 0 Å². The Morgan fingerprint density at radius 2 is 2.00 bits per heavy atom. The lowest BCUT2D eigenvalue weighted by molar-refractivity contribution is -0.121. The van der Waals surface area contributed by atoms with E-state index in [1.165, 1.54) is 5.56 Å². The number of amides is 1. The number of carbonyl (C=O) groups excluding carboxylic acids is 1. The molecule has 1 spiro atoms. The van der Waals surface area contributed by atoms with Crippen LogP contribution in [0.5, 0.6) is 0 Å². The fourth-order valence-corrected chi connectivity index (χ4v) is 3.88. The number of para-hydroxylation sites is 1. The molecular formula is C20H29N3O. The monoisotopic (exact) mass is 327 g/mol. The average molecular weight is 327 g/mol. The molecule has 0 aromatic heterocycles. The van der Waals surface area contributed by atoms with Crippen molar-refractivity contribution < 1.29 is 4.79 Å². The number of aryl methyl sites for hydroxylation is 1. The number of anilines is 1. The van der Waals surface area contributed by atoms with Crippen LogP contribution >= 0.6 is 0 Å². The number of hydrazone groups is 1. The molecule has 4 heteroatoms. The zero-order valence-corrected chi connectivity index (χ0v) is 15.3. The summed E-state index contributed by atoms with van der Waals surface area (Å²) in [4.78, 5) is 12.8. The summed E-state index contributed by atoms with van der Waals surface area (Å²) in [5.74, 6) is 0.272. The largest absolute Gasteiger partial charge is 0.325 e. The normalized spacial score (nSPS) is 26.4. The Morgan fingerprint density at radius 3 is 2.58 bits per heavy atom. The summed E-state index contributed by atoms with van der Waals surface area (Å²) in [6.45, 7) is 8.63. The summed E-state index contributed by atoms with van der Waals surface area (Å²) in [5, 5.41) is 7.42. The van der Waals surface area contributed by atoms with Gasteiger partial charge < -0.3 is 10.7 Å². The van der Waals surface area contributed by atoms with E-state index >= 15 is 0 Å². The summed E-state index contributed by atoms with van der Waals surface area (Å²) in [6.07, 6.45) is 6.85. The zero-order chi connectivity index (χ0) is 17.4. The maximum atomic E-state index is 12.8. The lowest BCUT2D eigenvalue weighted by Gasteiger charge is -2.36. The second-order valence-electron chi connectivity index (χ2n) is 8.42. The summed E-state index contributed by atoms with van der Waals surface area (Å²) >= 11 is 0. The molecule has 1 amide bonds.